The molecular weight excluding hydrogens is 384 g/mol. The first kappa shape index (κ1) is 20.7. The summed E-state index contributed by atoms with van der Waals surface area (Å²) in [6.07, 6.45) is 12.2. The van der Waals surface area contributed by atoms with Gasteiger partial charge < -0.3 is 4.74 Å². The summed E-state index contributed by atoms with van der Waals surface area (Å²) in [4.78, 5) is 24.8. The molecule has 31 heavy (non-hydrogen) atoms. The van der Waals surface area contributed by atoms with E-state index in [0.717, 1.165) is 49.7 Å². The lowest BCUT2D eigenvalue weighted by Gasteiger charge is -2.57. The van der Waals surface area contributed by atoms with E-state index < -0.39 is 0 Å². The third-order valence-electron chi connectivity index (χ3n) is 9.25. The predicted octanol–water partition coefficient (Wildman–Crippen LogP) is 6.30. The monoisotopic (exact) mass is 418 g/mol. The second kappa shape index (κ2) is 7.46. The topological polar surface area (TPSA) is 43.4 Å². The van der Waals surface area contributed by atoms with Gasteiger partial charge in [-0.3, -0.25) is 9.59 Å². The lowest BCUT2D eigenvalue weighted by atomic mass is 9.47. The Bertz CT molecular complexity index is 958. The zero-order valence-corrected chi connectivity index (χ0v) is 19.0. The van der Waals surface area contributed by atoms with Gasteiger partial charge in [0.15, 0.2) is 5.78 Å². The second-order valence-corrected chi connectivity index (χ2v) is 10.7. The molecule has 6 atom stereocenters. The van der Waals surface area contributed by atoms with Gasteiger partial charge in [-0.1, -0.05) is 61.9 Å². The third kappa shape index (κ3) is 3.23. The summed E-state index contributed by atoms with van der Waals surface area (Å²) >= 11 is 0. The van der Waals surface area contributed by atoms with Gasteiger partial charge in [0.05, 0.1) is 0 Å². The molecule has 0 aliphatic heterocycles. The van der Waals surface area contributed by atoms with Crippen LogP contribution in [0, 0.1) is 28.6 Å². The van der Waals surface area contributed by atoms with Gasteiger partial charge in [-0.05, 0) is 67.1 Å². The summed E-state index contributed by atoms with van der Waals surface area (Å²) in [5.41, 5.74) is 3.60. The van der Waals surface area contributed by atoms with Crippen molar-refractivity contribution in [2.45, 2.75) is 71.8 Å². The molecule has 0 radical (unpaired) electrons. The van der Waals surface area contributed by atoms with Crippen LogP contribution in [-0.2, 0) is 9.53 Å². The molecule has 0 amide bonds. The number of hydrogen-bond acceptors (Lipinski definition) is 3. The lowest BCUT2D eigenvalue weighted by Crippen LogP contribution is -2.50. The summed E-state index contributed by atoms with van der Waals surface area (Å²) in [5.74, 6) is 1.92. The van der Waals surface area contributed by atoms with Gasteiger partial charge in [0.2, 0.25) is 0 Å². The van der Waals surface area contributed by atoms with E-state index in [0.29, 0.717) is 17.8 Å². The average molecular weight is 419 g/mol. The molecule has 1 aromatic rings. The van der Waals surface area contributed by atoms with Crippen LogP contribution in [-0.4, -0.2) is 17.9 Å². The maximum absolute atomic E-state index is 13.4. The average Bonchev–Trinajstić information content (AvgIpc) is 3.11. The van der Waals surface area contributed by atoms with Crippen molar-refractivity contribution in [3.63, 3.8) is 0 Å². The van der Waals surface area contributed by atoms with Crippen LogP contribution in [0.15, 0.2) is 53.6 Å². The minimum absolute atomic E-state index is 0.00919. The zero-order valence-electron chi connectivity index (χ0n) is 19.0. The standard InChI is InChI=1S/C28H34O3/c1-18(29)31-21-13-15-27(2)20(17-21)9-10-22-23-11-12-25(28(23,3)16-14-24(22)27)26(30)19-7-5-4-6-8-19/h4-9,12,21-24H,10-11,13-17H2,1-3H3/t21-,22+,23-,24+,27+,28+/m1/s1. The van der Waals surface area contributed by atoms with Crippen molar-refractivity contribution >= 4 is 11.8 Å². The number of Topliss-reactive ketones (excluding diaryl/α,β-unsaturated/α-hetero) is 1. The fraction of sp³-hybridized carbons (Fsp3) is 0.571. The molecule has 5 rings (SSSR count). The fourth-order valence-corrected chi connectivity index (χ4v) is 7.63. The normalized spacial score (nSPS) is 38.8. The van der Waals surface area contributed by atoms with Crippen LogP contribution >= 0.6 is 0 Å². The van der Waals surface area contributed by atoms with Crippen molar-refractivity contribution in [2.75, 3.05) is 0 Å². The van der Waals surface area contributed by atoms with Crippen molar-refractivity contribution in [1.29, 1.82) is 0 Å². The van der Waals surface area contributed by atoms with E-state index in [1.54, 1.807) is 0 Å². The largest absolute Gasteiger partial charge is 0.462 e. The van der Waals surface area contributed by atoms with Crippen LogP contribution in [0.5, 0.6) is 0 Å². The zero-order chi connectivity index (χ0) is 21.8. The second-order valence-electron chi connectivity index (χ2n) is 10.7. The van der Waals surface area contributed by atoms with Crippen molar-refractivity contribution < 1.29 is 14.3 Å². The number of rotatable bonds is 3. The maximum atomic E-state index is 13.4. The number of hydrogen-bond donors (Lipinski definition) is 0. The molecule has 0 spiro atoms. The number of carbonyl (C=O) groups is 2. The Morgan fingerprint density at radius 2 is 1.68 bits per heavy atom. The molecule has 0 unspecified atom stereocenters. The Morgan fingerprint density at radius 3 is 2.42 bits per heavy atom. The van der Waals surface area contributed by atoms with Gasteiger partial charge in [-0.2, -0.15) is 0 Å². The first-order chi connectivity index (χ1) is 14.8. The van der Waals surface area contributed by atoms with Crippen LogP contribution in [0.1, 0.15) is 76.1 Å². The molecular formula is C28H34O3. The van der Waals surface area contributed by atoms with E-state index in [9.17, 15) is 9.59 Å². The predicted molar refractivity (Wildman–Crippen MR) is 121 cm³/mol. The number of allylic oxidation sites excluding steroid dienone is 3. The van der Waals surface area contributed by atoms with Crippen LogP contribution in [0.2, 0.25) is 0 Å². The molecule has 0 bridgehead atoms. The summed E-state index contributed by atoms with van der Waals surface area (Å²) in [7, 11) is 0. The molecule has 164 valence electrons. The number of ketones is 1. The number of ether oxygens (including phenoxy) is 1. The Morgan fingerprint density at radius 1 is 0.935 bits per heavy atom. The van der Waals surface area contributed by atoms with Crippen LogP contribution in [0.3, 0.4) is 0 Å². The minimum Gasteiger partial charge on any atom is -0.462 e. The molecule has 2 saturated carbocycles. The number of fused-ring (bicyclic) bond motifs is 5. The molecule has 0 aromatic heterocycles. The van der Waals surface area contributed by atoms with Gasteiger partial charge in [-0.15, -0.1) is 0 Å². The Labute approximate surface area is 185 Å². The quantitative estimate of drug-likeness (QED) is 0.329. The maximum Gasteiger partial charge on any atom is 0.302 e. The Hall–Kier alpha value is -2.16. The van der Waals surface area contributed by atoms with E-state index in [1.165, 1.54) is 18.9 Å². The third-order valence-corrected chi connectivity index (χ3v) is 9.25. The van der Waals surface area contributed by atoms with E-state index in [4.69, 9.17) is 4.74 Å². The van der Waals surface area contributed by atoms with Gasteiger partial charge in [-0.25, -0.2) is 0 Å². The van der Waals surface area contributed by atoms with Crippen molar-refractivity contribution in [3.05, 3.63) is 59.2 Å². The SMILES string of the molecule is CC(=O)O[C@@H]1CC[C@@]2(C)C(=CC[C@H]3[C@H]4CC=C(C(=O)c5ccccc5)[C@@]4(C)CC[C@@H]32)C1. The lowest BCUT2D eigenvalue weighted by molar-refractivity contribution is -0.148. The van der Waals surface area contributed by atoms with E-state index >= 15 is 0 Å². The fourth-order valence-electron chi connectivity index (χ4n) is 7.63. The minimum atomic E-state index is -0.163. The van der Waals surface area contributed by atoms with E-state index in [-0.39, 0.29) is 28.7 Å². The number of esters is 1. The highest BCUT2D eigenvalue weighted by atomic mass is 16.5. The van der Waals surface area contributed by atoms with Crippen LogP contribution < -0.4 is 0 Å². The molecule has 0 heterocycles. The summed E-state index contributed by atoms with van der Waals surface area (Å²) < 4.78 is 5.56. The highest BCUT2D eigenvalue weighted by Crippen LogP contribution is 2.65. The summed E-state index contributed by atoms with van der Waals surface area (Å²) in [6.45, 7) is 6.33. The molecule has 4 aliphatic rings. The first-order valence-corrected chi connectivity index (χ1v) is 12.0. The van der Waals surface area contributed by atoms with E-state index in [2.05, 4.69) is 26.0 Å². The van der Waals surface area contributed by atoms with Gasteiger partial charge in [0.1, 0.15) is 6.10 Å². The van der Waals surface area contributed by atoms with Crippen molar-refractivity contribution in [3.8, 4) is 0 Å². The van der Waals surface area contributed by atoms with Gasteiger partial charge in [0.25, 0.3) is 0 Å². The molecule has 1 aromatic carbocycles. The molecule has 2 fully saturated rings. The summed E-state index contributed by atoms with van der Waals surface area (Å²) in [5, 5.41) is 0. The number of carbonyl (C=O) groups excluding carboxylic acids is 2. The van der Waals surface area contributed by atoms with Crippen molar-refractivity contribution in [2.24, 2.45) is 28.6 Å². The highest BCUT2D eigenvalue weighted by Gasteiger charge is 2.57. The molecule has 3 heteroatoms. The van der Waals surface area contributed by atoms with Crippen LogP contribution in [0.25, 0.3) is 0 Å². The molecule has 4 aliphatic carbocycles. The first-order valence-electron chi connectivity index (χ1n) is 12.0. The van der Waals surface area contributed by atoms with Crippen LogP contribution in [0.4, 0.5) is 0 Å². The highest BCUT2D eigenvalue weighted by molar-refractivity contribution is 6.09. The van der Waals surface area contributed by atoms with Crippen molar-refractivity contribution in [1.82, 2.24) is 0 Å². The Balaban J connectivity index is 1.39. The Kier molecular flexibility index (Phi) is 4.99. The molecule has 3 nitrogen and oxygen atoms in total. The summed E-state index contributed by atoms with van der Waals surface area (Å²) in [6, 6.07) is 9.78. The molecule has 0 N–H and O–H groups in total. The molecule has 0 saturated heterocycles. The van der Waals surface area contributed by atoms with Gasteiger partial charge >= 0.3 is 5.97 Å². The van der Waals surface area contributed by atoms with Gasteiger partial charge in [0, 0.05) is 24.5 Å². The number of benzene rings is 1. The smallest absolute Gasteiger partial charge is 0.302 e. The van der Waals surface area contributed by atoms with E-state index in [1.807, 2.05) is 30.3 Å².